The Hall–Kier alpha value is -3.90. The van der Waals surface area contributed by atoms with Crippen molar-refractivity contribution in [2.24, 2.45) is 0 Å². The lowest BCUT2D eigenvalue weighted by Crippen LogP contribution is -2.44. The number of rotatable bonds is 5. The van der Waals surface area contributed by atoms with Crippen molar-refractivity contribution in [2.45, 2.75) is 26.1 Å². The van der Waals surface area contributed by atoms with E-state index in [1.54, 1.807) is 42.6 Å². The molecule has 5 nitrogen and oxygen atoms in total. The smallest absolute Gasteiger partial charge is 0.383 e. The molecule has 0 bridgehead atoms. The summed E-state index contributed by atoms with van der Waals surface area (Å²) in [6.07, 6.45) is -2.98. The molecule has 0 spiro atoms. The van der Waals surface area contributed by atoms with Crippen molar-refractivity contribution in [3.05, 3.63) is 105 Å². The van der Waals surface area contributed by atoms with Crippen molar-refractivity contribution >= 4 is 34.0 Å². The van der Waals surface area contributed by atoms with Crippen molar-refractivity contribution in [3.8, 4) is 11.8 Å². The SMILES string of the molecule is Cc1cc(C(=O)Cc2ccc(CN3CCN(C)CC3)c(C(F)(F)F)c2)ccc1C#Cc1c(N)ncc2ccc(Cl)cc12. The van der Waals surface area contributed by atoms with Gasteiger partial charge in [-0.15, -0.1) is 0 Å². The maximum atomic E-state index is 14.0. The number of aryl methyl sites for hydroxylation is 1. The number of nitrogen functional groups attached to an aromatic ring is 1. The fraction of sp³-hybridized carbons (Fsp3) is 0.273. The van der Waals surface area contributed by atoms with Gasteiger partial charge >= 0.3 is 6.18 Å². The third kappa shape index (κ3) is 6.76. The first-order valence-corrected chi connectivity index (χ1v) is 14.0. The van der Waals surface area contributed by atoms with E-state index in [0.29, 0.717) is 40.4 Å². The van der Waals surface area contributed by atoms with E-state index in [9.17, 15) is 18.0 Å². The molecule has 0 aliphatic carbocycles. The lowest BCUT2D eigenvalue weighted by Gasteiger charge is -2.33. The fourth-order valence-electron chi connectivity index (χ4n) is 5.11. The van der Waals surface area contributed by atoms with Crippen LogP contribution in [0.15, 0.2) is 60.8 Å². The number of likely N-dealkylation sites (N-methyl/N-ethyl adjacent to an activating group) is 1. The van der Waals surface area contributed by atoms with Crippen LogP contribution in [-0.4, -0.2) is 53.8 Å². The zero-order chi connectivity index (χ0) is 30.0. The van der Waals surface area contributed by atoms with Crippen LogP contribution in [-0.2, 0) is 19.1 Å². The number of benzene rings is 3. The highest BCUT2D eigenvalue weighted by Gasteiger charge is 2.34. The Kier molecular flexibility index (Phi) is 8.55. The van der Waals surface area contributed by atoms with E-state index in [2.05, 4.69) is 21.7 Å². The second kappa shape index (κ2) is 12.1. The van der Waals surface area contributed by atoms with E-state index < -0.39 is 11.7 Å². The van der Waals surface area contributed by atoms with Gasteiger partial charge in [-0.25, -0.2) is 4.98 Å². The highest BCUT2D eigenvalue weighted by Crippen LogP contribution is 2.34. The Bertz CT molecular complexity index is 1710. The number of nitrogens with two attached hydrogens (primary N) is 1. The molecule has 0 radical (unpaired) electrons. The number of piperazine rings is 1. The van der Waals surface area contributed by atoms with Crippen LogP contribution in [0.3, 0.4) is 0 Å². The van der Waals surface area contributed by atoms with Gasteiger partial charge in [-0.3, -0.25) is 9.69 Å². The van der Waals surface area contributed by atoms with Gasteiger partial charge in [0.25, 0.3) is 0 Å². The van der Waals surface area contributed by atoms with Gasteiger partial charge < -0.3 is 10.6 Å². The third-order valence-corrected chi connectivity index (χ3v) is 7.82. The predicted molar refractivity (Wildman–Crippen MR) is 161 cm³/mol. The van der Waals surface area contributed by atoms with E-state index in [0.717, 1.165) is 35.5 Å². The Labute approximate surface area is 248 Å². The summed E-state index contributed by atoms with van der Waals surface area (Å²) >= 11 is 6.17. The molecule has 1 fully saturated rings. The van der Waals surface area contributed by atoms with Crippen LogP contribution in [0.1, 0.15) is 43.7 Å². The molecule has 4 aromatic rings. The van der Waals surface area contributed by atoms with Gasteiger partial charge in [0.15, 0.2) is 5.78 Å². The maximum absolute atomic E-state index is 14.0. The number of hydrogen-bond acceptors (Lipinski definition) is 5. The van der Waals surface area contributed by atoms with Crippen molar-refractivity contribution < 1.29 is 18.0 Å². The number of fused-ring (bicyclic) bond motifs is 1. The summed E-state index contributed by atoms with van der Waals surface area (Å²) in [5.41, 5.74) is 8.39. The fourth-order valence-corrected chi connectivity index (χ4v) is 5.28. The van der Waals surface area contributed by atoms with E-state index in [1.807, 2.05) is 24.9 Å². The van der Waals surface area contributed by atoms with E-state index in [1.165, 1.54) is 6.07 Å². The molecule has 3 aromatic carbocycles. The number of alkyl halides is 3. The summed E-state index contributed by atoms with van der Waals surface area (Å²) in [6, 6.07) is 14.7. The van der Waals surface area contributed by atoms with Crippen LogP contribution in [0.2, 0.25) is 5.02 Å². The first-order valence-electron chi connectivity index (χ1n) is 13.6. The number of nitrogens with zero attached hydrogens (tertiary/aromatic N) is 3. The minimum atomic E-state index is -4.51. The Morgan fingerprint density at radius 1 is 1.02 bits per heavy atom. The van der Waals surface area contributed by atoms with Crippen LogP contribution in [0.5, 0.6) is 0 Å². The van der Waals surface area contributed by atoms with Gasteiger partial charge in [0.2, 0.25) is 0 Å². The second-order valence-electron chi connectivity index (χ2n) is 10.7. The summed E-state index contributed by atoms with van der Waals surface area (Å²) in [6.45, 7) is 5.13. The van der Waals surface area contributed by atoms with E-state index in [4.69, 9.17) is 17.3 Å². The minimum absolute atomic E-state index is 0.138. The molecule has 0 amide bonds. The number of Topliss-reactive ketones (excluding diaryl/α,β-unsaturated/α-hetero) is 1. The van der Waals surface area contributed by atoms with Gasteiger partial charge in [-0.05, 0) is 61.0 Å². The number of carbonyl (C=O) groups excluding carboxylic acids is 1. The molecule has 5 rings (SSSR count). The van der Waals surface area contributed by atoms with Gasteiger partial charge in [-0.1, -0.05) is 47.7 Å². The van der Waals surface area contributed by atoms with Crippen LogP contribution in [0.25, 0.3) is 10.8 Å². The highest BCUT2D eigenvalue weighted by atomic mass is 35.5. The molecule has 2 N–H and O–H groups in total. The largest absolute Gasteiger partial charge is 0.416 e. The van der Waals surface area contributed by atoms with Crippen molar-refractivity contribution in [3.63, 3.8) is 0 Å². The average molecular weight is 591 g/mol. The lowest BCUT2D eigenvalue weighted by molar-refractivity contribution is -0.138. The molecule has 0 atom stereocenters. The molecule has 1 aliphatic heterocycles. The first kappa shape index (κ1) is 29.6. The number of halogens is 4. The highest BCUT2D eigenvalue weighted by molar-refractivity contribution is 6.31. The van der Waals surface area contributed by atoms with Crippen molar-refractivity contribution in [2.75, 3.05) is 39.0 Å². The summed E-state index contributed by atoms with van der Waals surface area (Å²) in [5.74, 6) is 6.22. The average Bonchev–Trinajstić information content (AvgIpc) is 2.94. The number of pyridine rings is 1. The predicted octanol–water partition coefficient (Wildman–Crippen LogP) is 6.37. The summed E-state index contributed by atoms with van der Waals surface area (Å²) in [4.78, 5) is 21.5. The molecule has 1 saturated heterocycles. The Morgan fingerprint density at radius 2 is 1.79 bits per heavy atom. The lowest BCUT2D eigenvalue weighted by atomic mass is 9.96. The van der Waals surface area contributed by atoms with Gasteiger partial charge in [0.05, 0.1) is 11.1 Å². The van der Waals surface area contributed by atoms with Gasteiger partial charge in [0, 0.05) is 72.3 Å². The number of carbonyl (C=O) groups is 1. The summed E-state index contributed by atoms with van der Waals surface area (Å²) in [7, 11) is 2.00. The molecule has 0 saturated carbocycles. The quantitative estimate of drug-likeness (QED) is 0.216. The number of aromatic nitrogens is 1. The molecular weight excluding hydrogens is 561 g/mol. The zero-order valence-corrected chi connectivity index (χ0v) is 24.1. The molecule has 42 heavy (non-hydrogen) atoms. The molecule has 1 aromatic heterocycles. The maximum Gasteiger partial charge on any atom is 0.416 e. The molecular formula is C33H30ClF3N4O. The van der Waals surface area contributed by atoms with Crippen LogP contribution >= 0.6 is 11.6 Å². The van der Waals surface area contributed by atoms with E-state index >= 15 is 0 Å². The molecule has 216 valence electrons. The Balaban J connectivity index is 1.34. The monoisotopic (exact) mass is 590 g/mol. The molecule has 0 unspecified atom stereocenters. The van der Waals surface area contributed by atoms with E-state index in [-0.39, 0.29) is 30.1 Å². The van der Waals surface area contributed by atoms with Crippen LogP contribution < -0.4 is 5.73 Å². The van der Waals surface area contributed by atoms with Crippen molar-refractivity contribution in [1.29, 1.82) is 0 Å². The second-order valence-corrected chi connectivity index (χ2v) is 11.1. The Morgan fingerprint density at radius 3 is 2.50 bits per heavy atom. The molecule has 1 aliphatic rings. The van der Waals surface area contributed by atoms with Crippen LogP contribution in [0, 0.1) is 18.8 Å². The number of ketones is 1. The number of hydrogen-bond donors (Lipinski definition) is 1. The normalized spacial score (nSPS) is 14.5. The minimum Gasteiger partial charge on any atom is -0.383 e. The van der Waals surface area contributed by atoms with Gasteiger partial charge in [-0.2, -0.15) is 13.2 Å². The first-order chi connectivity index (χ1) is 20.0. The van der Waals surface area contributed by atoms with Crippen LogP contribution in [0.4, 0.5) is 19.0 Å². The topological polar surface area (TPSA) is 62.5 Å². The third-order valence-electron chi connectivity index (χ3n) is 7.59. The molecule has 9 heteroatoms. The summed E-state index contributed by atoms with van der Waals surface area (Å²) < 4.78 is 42.0. The summed E-state index contributed by atoms with van der Waals surface area (Å²) in [5, 5.41) is 2.21. The molecule has 2 heterocycles. The standard InChI is InChI=1S/C33H30ClF3N4O/c1-21-15-24(6-5-23(21)8-10-28-29-18-27(34)9-7-25(29)19-39-32(28)38)31(42)17-22-3-4-26(30(16-22)33(35,36)37)20-41-13-11-40(2)12-14-41/h3-7,9,15-16,18-19H,11-14,17,20H2,1-2H3,(H2,38,39). The number of anilines is 1. The zero-order valence-electron chi connectivity index (χ0n) is 23.4. The van der Waals surface area contributed by atoms with Gasteiger partial charge in [0.1, 0.15) is 5.82 Å². The van der Waals surface area contributed by atoms with Crippen molar-refractivity contribution in [1.82, 2.24) is 14.8 Å².